The van der Waals surface area contributed by atoms with Crippen LogP contribution in [0.3, 0.4) is 0 Å². The van der Waals surface area contributed by atoms with Gasteiger partial charge in [-0.05, 0) is 42.0 Å². The molecule has 0 aliphatic heterocycles. The van der Waals surface area contributed by atoms with Crippen LogP contribution >= 0.6 is 12.2 Å². The van der Waals surface area contributed by atoms with Gasteiger partial charge in [-0.25, -0.2) is 4.39 Å². The highest BCUT2D eigenvalue weighted by Gasteiger charge is 2.11. The predicted molar refractivity (Wildman–Crippen MR) is 84.4 cm³/mol. The monoisotopic (exact) mass is 302 g/mol. The summed E-state index contributed by atoms with van der Waals surface area (Å²) >= 11 is 5.20. The summed E-state index contributed by atoms with van der Waals surface area (Å²) in [6, 6.07) is 15.1. The van der Waals surface area contributed by atoms with E-state index in [4.69, 9.17) is 12.2 Å². The van der Waals surface area contributed by atoms with E-state index in [0.29, 0.717) is 17.2 Å². The maximum Gasteiger partial charge on any atom is 0.257 e. The van der Waals surface area contributed by atoms with Crippen molar-refractivity contribution < 1.29 is 9.18 Å². The van der Waals surface area contributed by atoms with Gasteiger partial charge in [0.2, 0.25) is 0 Å². The molecule has 0 bridgehead atoms. The lowest BCUT2D eigenvalue weighted by Crippen LogP contribution is -2.40. The fraction of sp³-hybridized carbons (Fsp3) is 0.125. The van der Waals surface area contributed by atoms with Crippen molar-refractivity contribution in [2.24, 2.45) is 0 Å². The van der Waals surface area contributed by atoms with Crippen molar-refractivity contribution in [2.75, 3.05) is 7.05 Å². The van der Waals surface area contributed by atoms with Crippen LogP contribution in [0.1, 0.15) is 15.9 Å². The van der Waals surface area contributed by atoms with Gasteiger partial charge in [-0.3, -0.25) is 10.1 Å². The number of nitrogens with zero attached hydrogens (tertiary/aromatic N) is 1. The average molecular weight is 302 g/mol. The molecular weight excluding hydrogens is 287 g/mol. The topological polar surface area (TPSA) is 32.3 Å². The van der Waals surface area contributed by atoms with Crippen molar-refractivity contribution in [3.8, 4) is 0 Å². The first-order valence-electron chi connectivity index (χ1n) is 6.42. The van der Waals surface area contributed by atoms with E-state index in [2.05, 4.69) is 5.32 Å². The summed E-state index contributed by atoms with van der Waals surface area (Å²) in [7, 11) is 1.81. The molecule has 0 saturated heterocycles. The molecule has 0 heterocycles. The highest BCUT2D eigenvalue weighted by Crippen LogP contribution is 2.05. The maximum atomic E-state index is 12.8. The molecule has 21 heavy (non-hydrogen) atoms. The van der Waals surface area contributed by atoms with Crippen LogP contribution in [0.4, 0.5) is 4.39 Å². The second-order valence-corrected chi connectivity index (χ2v) is 4.99. The highest BCUT2D eigenvalue weighted by atomic mass is 32.1. The molecule has 0 atom stereocenters. The van der Waals surface area contributed by atoms with Gasteiger partial charge in [-0.1, -0.05) is 30.3 Å². The fourth-order valence-corrected chi connectivity index (χ4v) is 1.95. The van der Waals surface area contributed by atoms with Crippen LogP contribution < -0.4 is 5.32 Å². The Hall–Kier alpha value is -2.27. The Kier molecular flexibility index (Phi) is 5.00. The van der Waals surface area contributed by atoms with E-state index < -0.39 is 0 Å². The number of halogens is 1. The van der Waals surface area contributed by atoms with Crippen LogP contribution in [0, 0.1) is 5.82 Å². The second kappa shape index (κ2) is 6.95. The highest BCUT2D eigenvalue weighted by molar-refractivity contribution is 7.80. The number of nitrogens with one attached hydrogen (secondary N) is 1. The number of benzene rings is 2. The normalized spacial score (nSPS) is 10.0. The molecule has 2 aromatic carbocycles. The molecule has 3 nitrogen and oxygen atoms in total. The summed E-state index contributed by atoms with van der Waals surface area (Å²) in [6.45, 7) is 0.601. The molecule has 0 unspecified atom stereocenters. The Morgan fingerprint density at radius 2 is 1.76 bits per heavy atom. The van der Waals surface area contributed by atoms with Crippen molar-refractivity contribution in [3.63, 3.8) is 0 Å². The van der Waals surface area contributed by atoms with E-state index in [9.17, 15) is 9.18 Å². The Balaban J connectivity index is 1.94. The van der Waals surface area contributed by atoms with Gasteiger partial charge < -0.3 is 4.90 Å². The Labute approximate surface area is 128 Å². The SMILES string of the molecule is CN(Cc1ccccc1)C(=S)NC(=O)c1ccc(F)cc1. The third-order valence-electron chi connectivity index (χ3n) is 2.94. The van der Waals surface area contributed by atoms with E-state index in [1.165, 1.54) is 24.3 Å². The van der Waals surface area contributed by atoms with Crippen LogP contribution in [0.15, 0.2) is 54.6 Å². The molecule has 5 heteroatoms. The summed E-state index contributed by atoms with van der Waals surface area (Å²) in [6.07, 6.45) is 0. The van der Waals surface area contributed by atoms with E-state index >= 15 is 0 Å². The van der Waals surface area contributed by atoms with Crippen LogP contribution in [0.5, 0.6) is 0 Å². The molecule has 0 spiro atoms. The van der Waals surface area contributed by atoms with Gasteiger partial charge in [0.1, 0.15) is 5.82 Å². The van der Waals surface area contributed by atoms with Crippen LogP contribution in [-0.4, -0.2) is 23.0 Å². The predicted octanol–water partition coefficient (Wildman–Crippen LogP) is 2.97. The van der Waals surface area contributed by atoms with Gasteiger partial charge in [0, 0.05) is 19.2 Å². The third-order valence-corrected chi connectivity index (χ3v) is 3.35. The average Bonchev–Trinajstić information content (AvgIpc) is 2.48. The molecule has 0 aromatic heterocycles. The van der Waals surface area contributed by atoms with Crippen LogP contribution in [-0.2, 0) is 6.54 Å². The molecule has 2 rings (SSSR count). The zero-order chi connectivity index (χ0) is 15.2. The lowest BCUT2D eigenvalue weighted by Gasteiger charge is -2.20. The quantitative estimate of drug-likeness (QED) is 0.885. The van der Waals surface area contributed by atoms with Crippen LogP contribution in [0.2, 0.25) is 0 Å². The molecule has 1 N–H and O–H groups in total. The van der Waals surface area contributed by atoms with Crippen molar-refractivity contribution in [2.45, 2.75) is 6.54 Å². The van der Waals surface area contributed by atoms with E-state index in [1.807, 2.05) is 30.3 Å². The van der Waals surface area contributed by atoms with Gasteiger partial charge in [0.05, 0.1) is 0 Å². The number of thiocarbonyl (C=S) groups is 1. The molecule has 0 radical (unpaired) electrons. The molecule has 0 aliphatic carbocycles. The minimum Gasteiger partial charge on any atom is -0.348 e. The number of amides is 1. The van der Waals surface area contributed by atoms with Crippen molar-refractivity contribution in [1.29, 1.82) is 0 Å². The van der Waals surface area contributed by atoms with E-state index in [-0.39, 0.29) is 11.7 Å². The standard InChI is InChI=1S/C16H15FN2OS/c1-19(11-12-5-3-2-4-6-12)16(21)18-15(20)13-7-9-14(17)10-8-13/h2-10H,11H2,1H3,(H,18,20,21). The number of hydrogen-bond donors (Lipinski definition) is 1. The minimum absolute atomic E-state index is 0.327. The van der Waals surface area contributed by atoms with Crippen LogP contribution in [0.25, 0.3) is 0 Å². The number of rotatable bonds is 3. The number of carbonyl (C=O) groups is 1. The fourth-order valence-electron chi connectivity index (χ4n) is 1.80. The largest absolute Gasteiger partial charge is 0.348 e. The zero-order valence-corrected chi connectivity index (χ0v) is 12.4. The van der Waals surface area contributed by atoms with Crippen molar-refractivity contribution >= 4 is 23.2 Å². The summed E-state index contributed by atoms with van der Waals surface area (Å²) < 4.78 is 12.8. The maximum absolute atomic E-state index is 12.8. The first-order valence-corrected chi connectivity index (χ1v) is 6.83. The first kappa shape index (κ1) is 15.1. The van der Waals surface area contributed by atoms with Gasteiger partial charge in [0.25, 0.3) is 5.91 Å². The lowest BCUT2D eigenvalue weighted by molar-refractivity contribution is 0.0973. The Morgan fingerprint density at radius 1 is 1.14 bits per heavy atom. The van der Waals surface area contributed by atoms with Gasteiger partial charge >= 0.3 is 0 Å². The van der Waals surface area contributed by atoms with Crippen molar-refractivity contribution in [1.82, 2.24) is 10.2 Å². The summed E-state index contributed by atoms with van der Waals surface area (Å²) in [5.74, 6) is -0.727. The second-order valence-electron chi connectivity index (χ2n) is 4.61. The van der Waals surface area contributed by atoms with E-state index in [1.54, 1.807) is 11.9 Å². The first-order chi connectivity index (χ1) is 10.1. The van der Waals surface area contributed by atoms with E-state index in [0.717, 1.165) is 5.56 Å². The van der Waals surface area contributed by atoms with Gasteiger partial charge in [0.15, 0.2) is 5.11 Å². The third kappa shape index (κ3) is 4.36. The molecular formula is C16H15FN2OS. The Bertz CT molecular complexity index is 628. The minimum atomic E-state index is -0.379. The molecule has 0 saturated carbocycles. The smallest absolute Gasteiger partial charge is 0.257 e. The van der Waals surface area contributed by atoms with Gasteiger partial charge in [-0.2, -0.15) is 0 Å². The summed E-state index contributed by atoms with van der Waals surface area (Å²) in [4.78, 5) is 13.7. The zero-order valence-electron chi connectivity index (χ0n) is 11.5. The Morgan fingerprint density at radius 3 is 2.38 bits per heavy atom. The summed E-state index contributed by atoms with van der Waals surface area (Å²) in [5.41, 5.74) is 1.46. The molecule has 1 amide bonds. The number of hydrogen-bond acceptors (Lipinski definition) is 2. The molecule has 108 valence electrons. The lowest BCUT2D eigenvalue weighted by atomic mass is 10.2. The van der Waals surface area contributed by atoms with Crippen molar-refractivity contribution in [3.05, 3.63) is 71.5 Å². The van der Waals surface area contributed by atoms with Gasteiger partial charge in [-0.15, -0.1) is 0 Å². The molecule has 2 aromatic rings. The molecule has 0 aliphatic rings. The molecule has 0 fully saturated rings. The number of carbonyl (C=O) groups excluding carboxylic acids is 1. The summed E-state index contributed by atoms with van der Waals surface area (Å²) in [5, 5.41) is 2.96.